The fourth-order valence-corrected chi connectivity index (χ4v) is 2.35. The Hall–Kier alpha value is -0.650. The van der Waals surface area contributed by atoms with Crippen molar-refractivity contribution in [2.45, 2.75) is 57.7 Å². The molecule has 1 rings (SSSR count). The Morgan fingerprint density at radius 1 is 1.56 bits per heavy atom. The van der Waals surface area contributed by atoms with Crippen LogP contribution in [0.15, 0.2) is 0 Å². The van der Waals surface area contributed by atoms with Crippen LogP contribution < -0.4 is 11.1 Å². The van der Waals surface area contributed by atoms with Gasteiger partial charge in [-0.15, -0.1) is 0 Å². The van der Waals surface area contributed by atoms with E-state index in [1.54, 1.807) is 0 Å². The fourth-order valence-electron chi connectivity index (χ4n) is 2.35. The van der Waals surface area contributed by atoms with E-state index in [4.69, 9.17) is 15.6 Å². The van der Waals surface area contributed by atoms with Gasteiger partial charge in [-0.2, -0.15) is 0 Å². The zero-order valence-electron chi connectivity index (χ0n) is 11.4. The van der Waals surface area contributed by atoms with Crippen molar-refractivity contribution in [2.75, 3.05) is 13.2 Å². The number of carboxylic acids is 1. The first-order valence-corrected chi connectivity index (χ1v) is 6.82. The second-order valence-corrected chi connectivity index (χ2v) is 5.56. The van der Waals surface area contributed by atoms with Crippen molar-refractivity contribution in [3.8, 4) is 0 Å². The molecule has 1 fully saturated rings. The smallest absolute Gasteiger partial charge is 0.320 e. The summed E-state index contributed by atoms with van der Waals surface area (Å²) in [6, 6.07) is -0.539. The highest BCUT2D eigenvalue weighted by Crippen LogP contribution is 2.17. The molecule has 0 aromatic carbocycles. The van der Waals surface area contributed by atoms with Crippen LogP contribution in [0.3, 0.4) is 0 Å². The van der Waals surface area contributed by atoms with Gasteiger partial charge < -0.3 is 20.9 Å². The summed E-state index contributed by atoms with van der Waals surface area (Å²) < 4.78 is 5.47. The Morgan fingerprint density at radius 3 is 2.78 bits per heavy atom. The van der Waals surface area contributed by atoms with Crippen LogP contribution in [0.5, 0.6) is 0 Å². The molecule has 0 bridgehead atoms. The van der Waals surface area contributed by atoms with E-state index in [1.165, 1.54) is 0 Å². The maximum atomic E-state index is 11.2. The van der Waals surface area contributed by atoms with Crippen molar-refractivity contribution >= 4 is 5.97 Å². The van der Waals surface area contributed by atoms with Gasteiger partial charge in [0, 0.05) is 19.2 Å². The number of ether oxygens (including phenoxy) is 1. The van der Waals surface area contributed by atoms with Gasteiger partial charge in [-0.25, -0.2) is 0 Å². The van der Waals surface area contributed by atoms with Gasteiger partial charge in [0.15, 0.2) is 0 Å². The first-order valence-electron chi connectivity index (χ1n) is 6.82. The van der Waals surface area contributed by atoms with Crippen molar-refractivity contribution in [3.63, 3.8) is 0 Å². The van der Waals surface area contributed by atoms with E-state index in [2.05, 4.69) is 19.2 Å². The van der Waals surface area contributed by atoms with Gasteiger partial charge in [0.2, 0.25) is 0 Å². The number of nitrogens with one attached hydrogen (secondary N) is 1. The summed E-state index contributed by atoms with van der Waals surface area (Å²) in [6.07, 6.45) is 3.51. The van der Waals surface area contributed by atoms with Gasteiger partial charge in [0.1, 0.15) is 6.04 Å². The van der Waals surface area contributed by atoms with Crippen LogP contribution >= 0.6 is 0 Å². The van der Waals surface area contributed by atoms with E-state index in [1.807, 2.05) is 0 Å². The first kappa shape index (κ1) is 15.4. The normalized spacial score (nSPS) is 23.2. The Balaban J connectivity index is 2.30. The van der Waals surface area contributed by atoms with E-state index in [-0.39, 0.29) is 12.1 Å². The van der Waals surface area contributed by atoms with Crippen molar-refractivity contribution in [2.24, 2.45) is 11.7 Å². The molecule has 4 N–H and O–H groups in total. The average molecular weight is 258 g/mol. The average Bonchev–Trinajstić information content (AvgIpc) is 2.75. The minimum Gasteiger partial charge on any atom is -0.480 e. The lowest BCUT2D eigenvalue weighted by molar-refractivity contribution is -0.140. The zero-order valence-corrected chi connectivity index (χ0v) is 11.4. The highest BCUT2D eigenvalue weighted by molar-refractivity contribution is 5.73. The number of carbonyl (C=O) groups is 1. The summed E-state index contributed by atoms with van der Waals surface area (Å²) in [4.78, 5) is 11.2. The third-order valence-corrected chi connectivity index (χ3v) is 3.22. The predicted molar refractivity (Wildman–Crippen MR) is 70.4 cm³/mol. The van der Waals surface area contributed by atoms with Crippen LogP contribution in [0.2, 0.25) is 0 Å². The molecule has 0 aliphatic carbocycles. The number of rotatable bonds is 8. The third kappa shape index (κ3) is 5.80. The number of carboxylic acid groups (broad SMARTS) is 1. The van der Waals surface area contributed by atoms with Crippen LogP contribution in [-0.2, 0) is 9.53 Å². The van der Waals surface area contributed by atoms with Gasteiger partial charge >= 0.3 is 5.97 Å². The second kappa shape index (κ2) is 7.71. The van der Waals surface area contributed by atoms with Gasteiger partial charge in [0.25, 0.3) is 0 Å². The molecule has 1 aliphatic rings. The highest BCUT2D eigenvalue weighted by atomic mass is 16.5. The van der Waals surface area contributed by atoms with Crippen LogP contribution in [0.4, 0.5) is 0 Å². The number of hydrogen-bond acceptors (Lipinski definition) is 4. The molecule has 1 aliphatic heterocycles. The van der Waals surface area contributed by atoms with Crippen LogP contribution in [-0.4, -0.2) is 42.4 Å². The molecule has 1 heterocycles. The molecular weight excluding hydrogens is 232 g/mol. The molecular formula is C13H26N2O3. The molecule has 3 atom stereocenters. The number of nitrogens with two attached hydrogens (primary N) is 1. The Kier molecular flexibility index (Phi) is 6.60. The summed E-state index contributed by atoms with van der Waals surface area (Å²) >= 11 is 0. The summed E-state index contributed by atoms with van der Waals surface area (Å²) in [5.41, 5.74) is 5.94. The van der Waals surface area contributed by atoms with E-state index >= 15 is 0 Å². The SMILES string of the molecule is CC(C)CC(N)CNC(CC1CCCO1)C(=O)O. The highest BCUT2D eigenvalue weighted by Gasteiger charge is 2.25. The summed E-state index contributed by atoms with van der Waals surface area (Å²) in [6.45, 7) is 5.52. The summed E-state index contributed by atoms with van der Waals surface area (Å²) in [5.74, 6) is -0.287. The lowest BCUT2D eigenvalue weighted by atomic mass is 10.0. The lowest BCUT2D eigenvalue weighted by Crippen LogP contribution is -2.45. The molecule has 0 amide bonds. The molecule has 106 valence electrons. The number of hydrogen-bond donors (Lipinski definition) is 3. The maximum Gasteiger partial charge on any atom is 0.320 e. The Labute approximate surface area is 109 Å². The Bertz CT molecular complexity index is 253. The topological polar surface area (TPSA) is 84.6 Å². The molecule has 0 aromatic heterocycles. The predicted octanol–water partition coefficient (Wildman–Crippen LogP) is 0.972. The van der Waals surface area contributed by atoms with Crippen molar-refractivity contribution in [1.82, 2.24) is 5.32 Å². The minimum atomic E-state index is -0.817. The molecule has 18 heavy (non-hydrogen) atoms. The largest absolute Gasteiger partial charge is 0.480 e. The van der Waals surface area contributed by atoms with Crippen LogP contribution in [0.1, 0.15) is 39.5 Å². The monoisotopic (exact) mass is 258 g/mol. The minimum absolute atomic E-state index is 0.0105. The molecule has 0 aromatic rings. The van der Waals surface area contributed by atoms with Crippen molar-refractivity contribution in [1.29, 1.82) is 0 Å². The molecule has 5 heteroatoms. The third-order valence-electron chi connectivity index (χ3n) is 3.22. The first-order chi connectivity index (χ1) is 8.49. The zero-order chi connectivity index (χ0) is 13.5. The van der Waals surface area contributed by atoms with Crippen LogP contribution in [0.25, 0.3) is 0 Å². The van der Waals surface area contributed by atoms with Gasteiger partial charge in [-0.3, -0.25) is 4.79 Å². The van der Waals surface area contributed by atoms with E-state index in [9.17, 15) is 4.79 Å². The van der Waals surface area contributed by atoms with Crippen LogP contribution in [0, 0.1) is 5.92 Å². The van der Waals surface area contributed by atoms with Gasteiger partial charge in [-0.05, 0) is 31.6 Å². The maximum absolute atomic E-state index is 11.2. The fraction of sp³-hybridized carbons (Fsp3) is 0.923. The number of aliphatic carboxylic acids is 1. The second-order valence-electron chi connectivity index (χ2n) is 5.56. The molecule has 0 spiro atoms. The van der Waals surface area contributed by atoms with Gasteiger partial charge in [-0.1, -0.05) is 13.8 Å². The summed E-state index contributed by atoms with van der Waals surface area (Å²) in [5, 5.41) is 12.2. The standard InChI is InChI=1S/C13H26N2O3/c1-9(2)6-10(14)8-15-12(13(16)17)7-11-4-3-5-18-11/h9-12,15H,3-8,14H2,1-2H3,(H,16,17). The molecule has 0 radical (unpaired) electrons. The molecule has 0 saturated carbocycles. The Morgan fingerprint density at radius 2 is 2.28 bits per heavy atom. The van der Waals surface area contributed by atoms with Crippen molar-refractivity contribution < 1.29 is 14.6 Å². The lowest BCUT2D eigenvalue weighted by Gasteiger charge is -2.21. The van der Waals surface area contributed by atoms with E-state index < -0.39 is 12.0 Å². The molecule has 1 saturated heterocycles. The van der Waals surface area contributed by atoms with E-state index in [0.29, 0.717) is 18.9 Å². The molecule has 5 nitrogen and oxygen atoms in total. The molecule has 3 unspecified atom stereocenters. The van der Waals surface area contributed by atoms with Crippen molar-refractivity contribution in [3.05, 3.63) is 0 Å². The van der Waals surface area contributed by atoms with E-state index in [0.717, 1.165) is 25.9 Å². The summed E-state index contributed by atoms with van der Waals surface area (Å²) in [7, 11) is 0. The van der Waals surface area contributed by atoms with Gasteiger partial charge in [0.05, 0.1) is 6.10 Å². The quantitative estimate of drug-likeness (QED) is 0.604.